The average molecular weight is 348 g/mol. The van der Waals surface area contributed by atoms with E-state index in [4.69, 9.17) is 10.00 Å². The third-order valence-corrected chi connectivity index (χ3v) is 4.38. The van der Waals surface area contributed by atoms with Crippen LogP contribution < -0.4 is 4.74 Å². The van der Waals surface area contributed by atoms with Gasteiger partial charge in [0.15, 0.2) is 0 Å². The molecule has 1 saturated heterocycles. The number of nitrogens with zero attached hydrogens (tertiary/aromatic N) is 6. The number of aromatic nitrogens is 4. The van der Waals surface area contributed by atoms with E-state index < -0.39 is 0 Å². The Morgan fingerprint density at radius 3 is 3.00 bits per heavy atom. The summed E-state index contributed by atoms with van der Waals surface area (Å²) in [4.78, 5) is 26.7. The number of imidazole rings is 1. The standard InChI is InChI=1S/C18H16N6O2/c19-9-15-18(21-7-6-20-15)26-13-5-8-23(10-13)17(25)11-24-12-22-14-3-1-2-4-16(14)24/h1-4,6-7,12-13H,5,8,10-11H2. The molecule has 8 nitrogen and oxygen atoms in total. The summed E-state index contributed by atoms with van der Waals surface area (Å²) in [5.74, 6) is 0.230. The van der Waals surface area contributed by atoms with Crippen LogP contribution in [0.25, 0.3) is 11.0 Å². The van der Waals surface area contributed by atoms with Crippen molar-refractivity contribution in [2.45, 2.75) is 19.1 Å². The molecule has 1 amide bonds. The number of rotatable bonds is 4. The fourth-order valence-electron chi connectivity index (χ4n) is 3.08. The SMILES string of the molecule is N#Cc1nccnc1OC1CCN(C(=O)Cn2cnc3ccccc32)C1. The van der Waals surface area contributed by atoms with Crippen molar-refractivity contribution >= 4 is 16.9 Å². The van der Waals surface area contributed by atoms with Gasteiger partial charge in [-0.15, -0.1) is 0 Å². The van der Waals surface area contributed by atoms with Crippen LogP contribution in [0.15, 0.2) is 43.0 Å². The molecule has 0 saturated carbocycles. The molecule has 0 aliphatic carbocycles. The Labute approximate surface area is 149 Å². The monoisotopic (exact) mass is 348 g/mol. The first kappa shape index (κ1) is 16.0. The van der Waals surface area contributed by atoms with E-state index in [9.17, 15) is 4.79 Å². The van der Waals surface area contributed by atoms with Gasteiger partial charge in [-0.25, -0.2) is 15.0 Å². The molecular formula is C18H16N6O2. The zero-order valence-electron chi connectivity index (χ0n) is 13.9. The molecule has 1 unspecified atom stereocenters. The Morgan fingerprint density at radius 2 is 2.12 bits per heavy atom. The summed E-state index contributed by atoms with van der Waals surface area (Å²) in [6.07, 6.45) is 5.12. The number of carbonyl (C=O) groups excluding carboxylic acids is 1. The van der Waals surface area contributed by atoms with E-state index in [2.05, 4.69) is 15.0 Å². The summed E-state index contributed by atoms with van der Waals surface area (Å²) in [5, 5.41) is 9.06. The first-order valence-corrected chi connectivity index (χ1v) is 8.30. The smallest absolute Gasteiger partial charge is 0.251 e. The molecule has 1 aromatic carbocycles. The Hall–Kier alpha value is -3.47. The molecule has 2 aromatic heterocycles. The maximum atomic E-state index is 12.6. The highest BCUT2D eigenvalue weighted by molar-refractivity contribution is 5.80. The van der Waals surface area contributed by atoms with E-state index in [-0.39, 0.29) is 30.1 Å². The lowest BCUT2D eigenvalue weighted by molar-refractivity contribution is -0.131. The number of para-hydroxylation sites is 2. The molecule has 26 heavy (non-hydrogen) atoms. The second-order valence-electron chi connectivity index (χ2n) is 6.05. The van der Waals surface area contributed by atoms with Gasteiger partial charge >= 0.3 is 0 Å². The summed E-state index contributed by atoms with van der Waals surface area (Å²) >= 11 is 0. The predicted octanol–water partition coefficient (Wildman–Crippen LogP) is 1.38. The highest BCUT2D eigenvalue weighted by Gasteiger charge is 2.28. The van der Waals surface area contributed by atoms with Gasteiger partial charge in [-0.2, -0.15) is 5.26 Å². The molecule has 4 rings (SSSR count). The number of carbonyl (C=O) groups is 1. The molecule has 130 valence electrons. The van der Waals surface area contributed by atoms with E-state index in [1.807, 2.05) is 34.9 Å². The van der Waals surface area contributed by atoms with E-state index in [0.29, 0.717) is 19.5 Å². The number of hydrogen-bond acceptors (Lipinski definition) is 6. The second-order valence-corrected chi connectivity index (χ2v) is 6.05. The number of benzene rings is 1. The lowest BCUT2D eigenvalue weighted by Gasteiger charge is -2.17. The van der Waals surface area contributed by atoms with Gasteiger partial charge in [-0.3, -0.25) is 4.79 Å². The Balaban J connectivity index is 1.40. The molecule has 3 aromatic rings. The summed E-state index contributed by atoms with van der Waals surface area (Å²) in [5.41, 5.74) is 1.96. The number of likely N-dealkylation sites (tertiary alicyclic amines) is 1. The number of amides is 1. The van der Waals surface area contributed by atoms with Gasteiger partial charge in [0.1, 0.15) is 18.7 Å². The van der Waals surface area contributed by atoms with Gasteiger partial charge in [-0.1, -0.05) is 12.1 Å². The van der Waals surface area contributed by atoms with Crippen LogP contribution in [-0.4, -0.2) is 49.5 Å². The predicted molar refractivity (Wildman–Crippen MR) is 92.1 cm³/mol. The van der Waals surface area contributed by atoms with Gasteiger partial charge < -0.3 is 14.2 Å². The highest BCUT2D eigenvalue weighted by atomic mass is 16.5. The summed E-state index contributed by atoms with van der Waals surface area (Å²) in [6.45, 7) is 1.31. The van der Waals surface area contributed by atoms with Crippen LogP contribution in [0.1, 0.15) is 12.1 Å². The number of nitriles is 1. The third kappa shape index (κ3) is 3.07. The van der Waals surface area contributed by atoms with Gasteiger partial charge in [0, 0.05) is 25.4 Å². The largest absolute Gasteiger partial charge is 0.470 e. The van der Waals surface area contributed by atoms with E-state index >= 15 is 0 Å². The molecule has 1 atom stereocenters. The van der Waals surface area contributed by atoms with Crippen molar-refractivity contribution in [1.29, 1.82) is 5.26 Å². The van der Waals surface area contributed by atoms with Gasteiger partial charge in [0.25, 0.3) is 5.88 Å². The fraction of sp³-hybridized carbons (Fsp3) is 0.278. The van der Waals surface area contributed by atoms with Crippen molar-refractivity contribution < 1.29 is 9.53 Å². The van der Waals surface area contributed by atoms with Crippen molar-refractivity contribution in [3.8, 4) is 11.9 Å². The molecule has 1 aliphatic heterocycles. The zero-order valence-corrected chi connectivity index (χ0v) is 13.9. The third-order valence-electron chi connectivity index (χ3n) is 4.38. The van der Waals surface area contributed by atoms with Crippen LogP contribution in [0.5, 0.6) is 5.88 Å². The topological polar surface area (TPSA) is 96.9 Å². The molecule has 3 heterocycles. The average Bonchev–Trinajstić information content (AvgIpc) is 3.30. The number of ether oxygens (including phenoxy) is 1. The van der Waals surface area contributed by atoms with Crippen molar-refractivity contribution in [3.05, 3.63) is 48.7 Å². The lowest BCUT2D eigenvalue weighted by atomic mass is 10.3. The summed E-state index contributed by atoms with van der Waals surface area (Å²) in [7, 11) is 0. The fourth-order valence-corrected chi connectivity index (χ4v) is 3.08. The van der Waals surface area contributed by atoms with Gasteiger partial charge in [0.05, 0.1) is 23.9 Å². The highest BCUT2D eigenvalue weighted by Crippen LogP contribution is 2.19. The quantitative estimate of drug-likeness (QED) is 0.706. The van der Waals surface area contributed by atoms with Crippen LogP contribution in [-0.2, 0) is 11.3 Å². The molecule has 1 aliphatic rings. The first-order valence-electron chi connectivity index (χ1n) is 8.30. The van der Waals surface area contributed by atoms with Gasteiger partial charge in [-0.05, 0) is 12.1 Å². The first-order chi connectivity index (χ1) is 12.7. The van der Waals surface area contributed by atoms with Crippen LogP contribution in [0.2, 0.25) is 0 Å². The lowest BCUT2D eigenvalue weighted by Crippen LogP contribution is -2.33. The maximum absolute atomic E-state index is 12.6. The van der Waals surface area contributed by atoms with E-state index in [1.165, 1.54) is 12.4 Å². The summed E-state index contributed by atoms with van der Waals surface area (Å²) in [6, 6.07) is 9.68. The molecule has 0 N–H and O–H groups in total. The van der Waals surface area contributed by atoms with Gasteiger partial charge in [0.2, 0.25) is 11.6 Å². The molecule has 8 heteroatoms. The minimum absolute atomic E-state index is 0.0129. The van der Waals surface area contributed by atoms with E-state index in [0.717, 1.165) is 11.0 Å². The van der Waals surface area contributed by atoms with Crippen LogP contribution in [0.3, 0.4) is 0 Å². The second kappa shape index (κ2) is 6.80. The van der Waals surface area contributed by atoms with Crippen LogP contribution >= 0.6 is 0 Å². The number of fused-ring (bicyclic) bond motifs is 1. The maximum Gasteiger partial charge on any atom is 0.251 e. The molecule has 0 radical (unpaired) electrons. The summed E-state index contributed by atoms with van der Waals surface area (Å²) < 4.78 is 7.62. The van der Waals surface area contributed by atoms with Crippen LogP contribution in [0, 0.1) is 11.3 Å². The minimum atomic E-state index is -0.192. The van der Waals surface area contributed by atoms with Crippen molar-refractivity contribution in [1.82, 2.24) is 24.4 Å². The molecule has 0 spiro atoms. The molecular weight excluding hydrogens is 332 g/mol. The zero-order chi connectivity index (χ0) is 17.9. The molecule has 0 bridgehead atoms. The number of hydrogen-bond donors (Lipinski definition) is 0. The Kier molecular flexibility index (Phi) is 4.19. The Bertz CT molecular complexity index is 993. The van der Waals surface area contributed by atoms with Crippen molar-refractivity contribution in [2.24, 2.45) is 0 Å². The minimum Gasteiger partial charge on any atom is -0.470 e. The Morgan fingerprint density at radius 1 is 1.27 bits per heavy atom. The molecule has 1 fully saturated rings. The van der Waals surface area contributed by atoms with Crippen molar-refractivity contribution in [3.63, 3.8) is 0 Å². The van der Waals surface area contributed by atoms with Crippen LogP contribution in [0.4, 0.5) is 0 Å². The van der Waals surface area contributed by atoms with Crippen molar-refractivity contribution in [2.75, 3.05) is 13.1 Å². The normalized spacial score (nSPS) is 16.6. The van der Waals surface area contributed by atoms with E-state index in [1.54, 1.807) is 11.2 Å².